The van der Waals surface area contributed by atoms with Crippen LogP contribution in [-0.2, 0) is 14.3 Å². The fraction of sp³-hybridized carbons (Fsp3) is 0.833. The van der Waals surface area contributed by atoms with Crippen molar-refractivity contribution in [3.63, 3.8) is 0 Å². The largest absolute Gasteiger partial charge is 0.463 e. The Morgan fingerprint density at radius 2 is 2.17 bits per heavy atom. The zero-order valence-electron chi connectivity index (χ0n) is 14.8. The third-order valence-corrected chi connectivity index (χ3v) is 6.10. The molecule has 3 fully saturated rings. The zero-order chi connectivity index (χ0) is 17.5. The molecule has 0 aromatic heterocycles. The molecule has 24 heavy (non-hydrogen) atoms. The van der Waals surface area contributed by atoms with Crippen LogP contribution >= 0.6 is 0 Å². The van der Waals surface area contributed by atoms with E-state index in [1.165, 1.54) is 6.92 Å². The van der Waals surface area contributed by atoms with E-state index in [0.29, 0.717) is 19.6 Å². The van der Waals surface area contributed by atoms with E-state index in [4.69, 9.17) is 9.47 Å². The molecule has 3 aliphatic rings. The van der Waals surface area contributed by atoms with Crippen molar-refractivity contribution in [2.75, 3.05) is 26.3 Å². The molecule has 0 radical (unpaired) electrons. The Hall–Kier alpha value is -0.950. The lowest BCUT2D eigenvalue weighted by Gasteiger charge is -2.33. The van der Waals surface area contributed by atoms with Crippen LogP contribution in [0.4, 0.5) is 0 Å². The summed E-state index contributed by atoms with van der Waals surface area (Å²) in [6, 6.07) is 0.0766. The van der Waals surface area contributed by atoms with Crippen molar-refractivity contribution in [2.45, 2.75) is 57.5 Å². The summed E-state index contributed by atoms with van der Waals surface area (Å²) in [4.78, 5) is 14.6. The maximum atomic E-state index is 12.4. The molecular weight excluding hydrogens is 310 g/mol. The molecule has 3 saturated heterocycles. The van der Waals surface area contributed by atoms with Crippen LogP contribution in [0.2, 0.25) is 0 Å². The summed E-state index contributed by atoms with van der Waals surface area (Å²) in [7, 11) is 0. The quantitative estimate of drug-likeness (QED) is 0.500. The molecule has 6 heteroatoms. The normalized spacial score (nSPS) is 46.3. The summed E-state index contributed by atoms with van der Waals surface area (Å²) in [5.41, 5.74) is -0.476. The van der Waals surface area contributed by atoms with Crippen LogP contribution in [0.3, 0.4) is 0 Å². The smallest absolute Gasteiger partial charge is 0.338 e. The van der Waals surface area contributed by atoms with Crippen LogP contribution in [0.1, 0.15) is 33.6 Å². The van der Waals surface area contributed by atoms with Crippen LogP contribution in [0, 0.1) is 11.8 Å². The number of hydrogen-bond donors (Lipinski definition) is 2. The Morgan fingerprint density at radius 3 is 2.88 bits per heavy atom. The number of esters is 1. The van der Waals surface area contributed by atoms with Gasteiger partial charge in [0, 0.05) is 25.0 Å². The van der Waals surface area contributed by atoms with Crippen molar-refractivity contribution < 1.29 is 24.5 Å². The molecule has 0 aliphatic carbocycles. The number of carbonyl (C=O) groups is 1. The molecule has 0 amide bonds. The van der Waals surface area contributed by atoms with Crippen LogP contribution in [-0.4, -0.2) is 71.2 Å². The highest BCUT2D eigenvalue weighted by Gasteiger charge is 2.50. The molecule has 0 aromatic carbocycles. The number of rotatable bonds is 0. The lowest BCUT2D eigenvalue weighted by Crippen LogP contribution is -2.46. The van der Waals surface area contributed by atoms with E-state index >= 15 is 0 Å². The van der Waals surface area contributed by atoms with Gasteiger partial charge in [-0.25, -0.2) is 4.79 Å². The summed E-state index contributed by atoms with van der Waals surface area (Å²) < 4.78 is 11.6. The molecule has 136 valence electrons. The maximum absolute atomic E-state index is 12.4. The van der Waals surface area contributed by atoms with Crippen LogP contribution in [0.15, 0.2) is 11.6 Å². The number of aliphatic hydroxyl groups excluding tert-OH is 1. The van der Waals surface area contributed by atoms with Crippen LogP contribution < -0.4 is 0 Å². The second kappa shape index (κ2) is 6.75. The van der Waals surface area contributed by atoms with E-state index in [1.807, 2.05) is 19.9 Å². The summed E-state index contributed by atoms with van der Waals surface area (Å²) in [6.07, 6.45) is 3.05. The average Bonchev–Trinajstić information content (AvgIpc) is 3.06. The highest BCUT2D eigenvalue weighted by Crippen LogP contribution is 2.36. The van der Waals surface area contributed by atoms with Crippen molar-refractivity contribution in [2.24, 2.45) is 11.8 Å². The minimum absolute atomic E-state index is 0.0519. The van der Waals surface area contributed by atoms with Gasteiger partial charge in [0.05, 0.1) is 25.4 Å². The van der Waals surface area contributed by atoms with E-state index in [-0.39, 0.29) is 30.6 Å². The van der Waals surface area contributed by atoms with Gasteiger partial charge in [0.15, 0.2) is 5.60 Å². The van der Waals surface area contributed by atoms with Crippen molar-refractivity contribution in [1.29, 1.82) is 0 Å². The van der Waals surface area contributed by atoms with Gasteiger partial charge < -0.3 is 19.7 Å². The molecular formula is C18H29NO5. The first-order valence-electron chi connectivity index (χ1n) is 8.92. The van der Waals surface area contributed by atoms with E-state index in [2.05, 4.69) is 4.90 Å². The maximum Gasteiger partial charge on any atom is 0.338 e. The van der Waals surface area contributed by atoms with Gasteiger partial charge in [-0.05, 0) is 38.2 Å². The topological polar surface area (TPSA) is 79.2 Å². The number of ether oxygens (including phenoxy) is 2. The Balaban J connectivity index is 1.85. The fourth-order valence-corrected chi connectivity index (χ4v) is 4.19. The highest BCUT2D eigenvalue weighted by molar-refractivity contribution is 5.79. The molecule has 0 aromatic rings. The minimum atomic E-state index is -1.55. The number of cyclic esters (lactones) is 1. The first-order valence-corrected chi connectivity index (χ1v) is 8.92. The first kappa shape index (κ1) is 17.9. The van der Waals surface area contributed by atoms with Gasteiger partial charge in [0.1, 0.15) is 0 Å². The molecule has 0 spiro atoms. The lowest BCUT2D eigenvalue weighted by atomic mass is 9.85. The lowest BCUT2D eigenvalue weighted by molar-refractivity contribution is -0.172. The number of nitrogens with zero attached hydrogens (tertiary/aromatic N) is 1. The first-order chi connectivity index (χ1) is 11.3. The Kier molecular flexibility index (Phi) is 5.02. The molecule has 6 unspecified atom stereocenters. The molecule has 2 N–H and O–H groups in total. The zero-order valence-corrected chi connectivity index (χ0v) is 14.8. The minimum Gasteiger partial charge on any atom is -0.463 e. The summed E-state index contributed by atoms with van der Waals surface area (Å²) in [5.74, 6) is -1.04. The number of allylic oxidation sites excluding steroid dienone is 1. The third-order valence-electron chi connectivity index (χ3n) is 6.10. The second-order valence-electron chi connectivity index (χ2n) is 7.65. The van der Waals surface area contributed by atoms with E-state index in [0.717, 1.165) is 18.5 Å². The molecule has 6 atom stereocenters. The van der Waals surface area contributed by atoms with Crippen molar-refractivity contribution in [3.05, 3.63) is 11.6 Å². The average molecular weight is 339 g/mol. The number of aliphatic hydroxyl groups is 2. The predicted octanol–water partition coefficient (Wildman–Crippen LogP) is 0.717. The fourth-order valence-electron chi connectivity index (χ4n) is 4.19. The van der Waals surface area contributed by atoms with Gasteiger partial charge in [0.25, 0.3) is 0 Å². The van der Waals surface area contributed by atoms with Crippen LogP contribution in [0.25, 0.3) is 0 Å². The van der Waals surface area contributed by atoms with Gasteiger partial charge >= 0.3 is 5.97 Å². The molecule has 0 bridgehead atoms. The standard InChI is InChI=1S/C18H29NO5/c1-4-12-7-11(2)18(3,22)17(21)24-10-13-14(20)8-19-6-5-15(16(13)19)23-9-12/h4,11,13-16,20,22H,5-10H2,1-3H3. The summed E-state index contributed by atoms with van der Waals surface area (Å²) >= 11 is 0. The second-order valence-corrected chi connectivity index (χ2v) is 7.65. The molecule has 3 aliphatic heterocycles. The third kappa shape index (κ3) is 3.12. The van der Waals surface area contributed by atoms with Crippen molar-refractivity contribution in [1.82, 2.24) is 4.90 Å². The highest BCUT2D eigenvalue weighted by atomic mass is 16.6. The van der Waals surface area contributed by atoms with E-state index < -0.39 is 17.7 Å². The van der Waals surface area contributed by atoms with Gasteiger partial charge in [-0.1, -0.05) is 13.0 Å². The van der Waals surface area contributed by atoms with Gasteiger partial charge in [-0.15, -0.1) is 0 Å². The number of hydrogen-bond acceptors (Lipinski definition) is 6. The Morgan fingerprint density at radius 1 is 1.42 bits per heavy atom. The molecule has 6 nitrogen and oxygen atoms in total. The monoisotopic (exact) mass is 339 g/mol. The molecule has 3 heterocycles. The molecule has 3 rings (SSSR count). The molecule has 0 saturated carbocycles. The van der Waals surface area contributed by atoms with E-state index in [9.17, 15) is 15.0 Å². The van der Waals surface area contributed by atoms with Crippen molar-refractivity contribution in [3.8, 4) is 0 Å². The SMILES string of the molecule is CC=C1COC2CCN3CC(O)C(COC(=O)C(C)(O)C(C)C1)C23. The van der Waals surface area contributed by atoms with Gasteiger partial charge in [-0.2, -0.15) is 0 Å². The van der Waals surface area contributed by atoms with E-state index in [1.54, 1.807) is 0 Å². The van der Waals surface area contributed by atoms with Crippen LogP contribution in [0.5, 0.6) is 0 Å². The van der Waals surface area contributed by atoms with Crippen molar-refractivity contribution >= 4 is 5.97 Å². The Bertz CT molecular complexity index is 518. The van der Waals surface area contributed by atoms with Gasteiger partial charge in [0.2, 0.25) is 0 Å². The summed E-state index contributed by atoms with van der Waals surface area (Å²) in [5, 5.41) is 21.0. The van der Waals surface area contributed by atoms with Gasteiger partial charge in [-0.3, -0.25) is 4.90 Å². The summed E-state index contributed by atoms with van der Waals surface area (Å²) in [6.45, 7) is 7.43. The predicted molar refractivity (Wildman–Crippen MR) is 88.3 cm³/mol. The Labute approximate surface area is 143 Å². The number of carbonyl (C=O) groups excluding carboxylic acids is 1.